The van der Waals surface area contributed by atoms with Gasteiger partial charge in [-0.3, -0.25) is 9.69 Å². The van der Waals surface area contributed by atoms with Gasteiger partial charge in [-0.15, -0.1) is 6.42 Å². The molecule has 1 aliphatic rings. The maximum Gasteiger partial charge on any atom is 0.266 e. The Bertz CT molecular complexity index is 1510. The highest BCUT2D eigenvalue weighted by Gasteiger charge is 2.33. The number of nitrogens with zero attached hydrogens (tertiary/aromatic N) is 2. The zero-order chi connectivity index (χ0) is 25.6. The lowest BCUT2D eigenvalue weighted by Gasteiger charge is -2.15. The molecule has 0 aliphatic carbocycles. The SMILES string of the molecule is C#CCOc1ccc(/C=C2\S/C(=N\c3ccc(OC)cc3)N(CCc3c[nH]c4ccccc34)C2=O)cc1. The lowest BCUT2D eigenvalue weighted by Crippen LogP contribution is -2.31. The van der Waals surface area contributed by atoms with Crippen molar-refractivity contribution in [2.24, 2.45) is 4.99 Å². The lowest BCUT2D eigenvalue weighted by molar-refractivity contribution is -0.122. The Morgan fingerprint density at radius 2 is 1.81 bits per heavy atom. The van der Waals surface area contributed by atoms with Crippen LogP contribution in [0.3, 0.4) is 0 Å². The quantitative estimate of drug-likeness (QED) is 0.233. The van der Waals surface area contributed by atoms with E-state index in [4.69, 9.17) is 20.9 Å². The number of rotatable bonds is 8. The molecule has 2 heterocycles. The molecule has 1 saturated heterocycles. The molecule has 0 spiro atoms. The average molecular weight is 508 g/mol. The van der Waals surface area contributed by atoms with E-state index in [9.17, 15) is 4.79 Å². The number of hydrogen-bond acceptors (Lipinski definition) is 5. The van der Waals surface area contributed by atoms with Crippen molar-refractivity contribution in [3.8, 4) is 23.8 Å². The van der Waals surface area contributed by atoms with Crippen LogP contribution in [-0.4, -0.2) is 41.2 Å². The molecule has 5 rings (SSSR count). The van der Waals surface area contributed by atoms with Crippen LogP contribution >= 0.6 is 11.8 Å². The summed E-state index contributed by atoms with van der Waals surface area (Å²) in [6.45, 7) is 0.726. The Morgan fingerprint density at radius 1 is 1.05 bits per heavy atom. The van der Waals surface area contributed by atoms with Gasteiger partial charge in [0.25, 0.3) is 5.91 Å². The molecule has 1 aromatic heterocycles. The van der Waals surface area contributed by atoms with Crippen molar-refractivity contribution in [3.63, 3.8) is 0 Å². The molecule has 0 radical (unpaired) electrons. The molecule has 6 nitrogen and oxygen atoms in total. The van der Waals surface area contributed by atoms with Gasteiger partial charge in [-0.25, -0.2) is 4.99 Å². The maximum absolute atomic E-state index is 13.5. The predicted octanol–water partition coefficient (Wildman–Crippen LogP) is 6.04. The van der Waals surface area contributed by atoms with E-state index in [1.54, 1.807) is 12.0 Å². The second kappa shape index (κ2) is 11.1. The number of aliphatic imine (C=N–C) groups is 1. The van der Waals surface area contributed by atoms with E-state index in [1.165, 1.54) is 17.1 Å². The molecule has 184 valence electrons. The third-order valence-corrected chi connectivity index (χ3v) is 6.97. The van der Waals surface area contributed by atoms with Crippen LogP contribution in [0.5, 0.6) is 11.5 Å². The Labute approximate surface area is 220 Å². The normalized spacial score (nSPS) is 15.5. The van der Waals surface area contributed by atoms with E-state index in [2.05, 4.69) is 23.0 Å². The molecule has 0 unspecified atom stereocenters. The summed E-state index contributed by atoms with van der Waals surface area (Å²) in [7, 11) is 1.63. The summed E-state index contributed by atoms with van der Waals surface area (Å²) in [6.07, 6.45) is 9.86. The standard InChI is InChI=1S/C30H25N3O3S/c1-3-18-36-25-12-8-21(9-13-25)19-28-29(34)33(17-16-22-20-31-27-7-5-4-6-26(22)27)30(37-28)32-23-10-14-24(35-2)15-11-23/h1,4-15,19-20,31H,16-18H2,2H3/b28-19-,32-30-. The summed E-state index contributed by atoms with van der Waals surface area (Å²) in [5, 5.41) is 1.81. The van der Waals surface area contributed by atoms with Gasteiger partial charge >= 0.3 is 0 Å². The Morgan fingerprint density at radius 3 is 2.57 bits per heavy atom. The van der Waals surface area contributed by atoms with Crippen LogP contribution in [0, 0.1) is 12.3 Å². The van der Waals surface area contributed by atoms with Crippen LogP contribution in [0.4, 0.5) is 5.69 Å². The van der Waals surface area contributed by atoms with Gasteiger partial charge in [-0.05, 0) is 77.9 Å². The van der Waals surface area contributed by atoms with Crippen molar-refractivity contribution in [2.45, 2.75) is 6.42 Å². The fourth-order valence-electron chi connectivity index (χ4n) is 4.06. The number of amides is 1. The summed E-state index contributed by atoms with van der Waals surface area (Å²) >= 11 is 1.38. The average Bonchev–Trinajstić information content (AvgIpc) is 3.47. The van der Waals surface area contributed by atoms with Gasteiger partial charge in [0.15, 0.2) is 5.17 Å². The minimum absolute atomic E-state index is 0.0650. The Balaban J connectivity index is 1.41. The number of para-hydroxylation sites is 1. The zero-order valence-corrected chi connectivity index (χ0v) is 21.1. The van der Waals surface area contributed by atoms with E-state index in [1.807, 2.05) is 72.9 Å². The van der Waals surface area contributed by atoms with E-state index in [-0.39, 0.29) is 12.5 Å². The summed E-state index contributed by atoms with van der Waals surface area (Å²) < 4.78 is 10.7. The highest BCUT2D eigenvalue weighted by Crippen LogP contribution is 2.35. The van der Waals surface area contributed by atoms with Crippen LogP contribution in [-0.2, 0) is 11.2 Å². The topological polar surface area (TPSA) is 66.9 Å². The van der Waals surface area contributed by atoms with E-state index in [0.717, 1.165) is 28.1 Å². The summed E-state index contributed by atoms with van der Waals surface area (Å²) in [5.41, 5.74) is 3.90. The molecule has 4 aromatic rings. The first-order valence-corrected chi connectivity index (χ1v) is 12.6. The summed E-state index contributed by atoms with van der Waals surface area (Å²) in [4.78, 5) is 24.0. The van der Waals surface area contributed by atoms with Gasteiger partial charge in [-0.2, -0.15) is 0 Å². The number of carbonyl (C=O) groups excluding carboxylic acids is 1. The first-order valence-electron chi connectivity index (χ1n) is 11.8. The molecule has 1 amide bonds. The zero-order valence-electron chi connectivity index (χ0n) is 20.3. The molecular weight excluding hydrogens is 482 g/mol. The number of terminal acetylenes is 1. The van der Waals surface area contributed by atoms with Gasteiger partial charge in [0, 0.05) is 23.6 Å². The molecule has 1 fully saturated rings. The van der Waals surface area contributed by atoms with Gasteiger partial charge in [0.05, 0.1) is 17.7 Å². The number of ether oxygens (including phenoxy) is 2. The van der Waals surface area contributed by atoms with Gasteiger partial charge < -0.3 is 14.5 Å². The van der Waals surface area contributed by atoms with Gasteiger partial charge in [0.1, 0.15) is 18.1 Å². The van der Waals surface area contributed by atoms with E-state index >= 15 is 0 Å². The number of methoxy groups -OCH3 is 1. The first kappa shape index (κ1) is 24.3. The number of thioether (sulfide) groups is 1. The van der Waals surface area contributed by atoms with Crippen LogP contribution < -0.4 is 9.47 Å². The molecule has 3 aromatic carbocycles. The second-order valence-electron chi connectivity index (χ2n) is 8.33. The van der Waals surface area contributed by atoms with Crippen LogP contribution in [0.25, 0.3) is 17.0 Å². The molecule has 0 bridgehead atoms. The second-order valence-corrected chi connectivity index (χ2v) is 9.34. The molecule has 7 heteroatoms. The minimum atomic E-state index is -0.0650. The number of benzene rings is 3. The van der Waals surface area contributed by atoms with Crippen LogP contribution in [0.15, 0.2) is 88.9 Å². The lowest BCUT2D eigenvalue weighted by atomic mass is 10.1. The highest BCUT2D eigenvalue weighted by molar-refractivity contribution is 8.18. The maximum atomic E-state index is 13.5. The van der Waals surface area contributed by atoms with Crippen molar-refractivity contribution in [1.82, 2.24) is 9.88 Å². The molecule has 1 N–H and O–H groups in total. The fourth-order valence-corrected chi connectivity index (χ4v) is 5.09. The summed E-state index contributed by atoms with van der Waals surface area (Å²) in [5.74, 6) is 3.83. The van der Waals surface area contributed by atoms with Crippen molar-refractivity contribution in [2.75, 3.05) is 20.3 Å². The highest BCUT2D eigenvalue weighted by atomic mass is 32.2. The van der Waals surface area contributed by atoms with Crippen LogP contribution in [0.2, 0.25) is 0 Å². The Kier molecular flexibility index (Phi) is 7.29. The number of fused-ring (bicyclic) bond motifs is 1. The summed E-state index contributed by atoms with van der Waals surface area (Å²) in [6, 6.07) is 23.1. The monoisotopic (exact) mass is 507 g/mol. The number of carbonyl (C=O) groups is 1. The number of amidine groups is 1. The van der Waals surface area contributed by atoms with Gasteiger partial charge in [0.2, 0.25) is 0 Å². The number of aromatic amines is 1. The van der Waals surface area contributed by atoms with Crippen molar-refractivity contribution >= 4 is 45.5 Å². The fraction of sp³-hybridized carbons (Fsp3) is 0.133. The molecule has 0 atom stereocenters. The van der Waals surface area contributed by atoms with Gasteiger partial charge in [-0.1, -0.05) is 36.3 Å². The first-order chi connectivity index (χ1) is 18.1. The molecule has 37 heavy (non-hydrogen) atoms. The number of hydrogen-bond donors (Lipinski definition) is 1. The largest absolute Gasteiger partial charge is 0.497 e. The third kappa shape index (κ3) is 5.55. The Hall–Kier alpha value is -4.41. The van der Waals surface area contributed by atoms with Crippen molar-refractivity contribution in [1.29, 1.82) is 0 Å². The minimum Gasteiger partial charge on any atom is -0.497 e. The van der Waals surface area contributed by atoms with Crippen molar-refractivity contribution < 1.29 is 14.3 Å². The molecule has 0 saturated carbocycles. The smallest absolute Gasteiger partial charge is 0.266 e. The number of H-pyrrole nitrogens is 1. The van der Waals surface area contributed by atoms with Crippen molar-refractivity contribution in [3.05, 3.63) is 95.0 Å². The molecule has 1 aliphatic heterocycles. The van der Waals surface area contributed by atoms with Crippen LogP contribution in [0.1, 0.15) is 11.1 Å². The third-order valence-electron chi connectivity index (χ3n) is 5.96. The van der Waals surface area contributed by atoms with E-state index < -0.39 is 0 Å². The number of aromatic nitrogens is 1. The number of nitrogens with one attached hydrogen (secondary N) is 1. The molecular formula is C30H25N3O3S. The van der Waals surface area contributed by atoms with E-state index in [0.29, 0.717) is 28.8 Å². The predicted molar refractivity (Wildman–Crippen MR) is 150 cm³/mol.